The molecule has 4 amide bonds. The van der Waals surface area contributed by atoms with Gasteiger partial charge in [-0.25, -0.2) is 9.59 Å². The number of likely N-dealkylation sites (tertiary alicyclic amines) is 3. The second-order valence-electron chi connectivity index (χ2n) is 13.9. The zero-order chi connectivity index (χ0) is 31.5. The lowest BCUT2D eigenvalue weighted by atomic mass is 9.79. The fourth-order valence-electron chi connectivity index (χ4n) is 7.81. The maximum Gasteiger partial charge on any atom is 0.410 e. The number of nitrogens with zero attached hydrogens (tertiary/aromatic N) is 4. The third-order valence-electron chi connectivity index (χ3n) is 10.8. The average molecular weight is 613 g/mol. The number of fused-ring (bicyclic) bond motifs is 1. The number of carbonyl (C=O) groups is 3. The van der Waals surface area contributed by atoms with Crippen LogP contribution in [0.25, 0.3) is 0 Å². The fourth-order valence-corrected chi connectivity index (χ4v) is 7.81. The Morgan fingerprint density at radius 1 is 0.933 bits per heavy atom. The molecule has 5 aliphatic rings. The minimum absolute atomic E-state index is 0.0483. The Balaban J connectivity index is 1.07. The van der Waals surface area contributed by atoms with E-state index in [1.165, 1.54) is 37.0 Å². The van der Waals surface area contributed by atoms with Gasteiger partial charge in [0.2, 0.25) is 0 Å². The van der Waals surface area contributed by atoms with Gasteiger partial charge in [-0.2, -0.15) is 0 Å². The molecule has 1 aliphatic carbocycles. The molecule has 4 aliphatic heterocycles. The van der Waals surface area contributed by atoms with Crippen molar-refractivity contribution in [3.05, 3.63) is 47.2 Å². The summed E-state index contributed by atoms with van der Waals surface area (Å²) >= 11 is 0. The van der Waals surface area contributed by atoms with E-state index in [9.17, 15) is 14.4 Å². The van der Waals surface area contributed by atoms with E-state index < -0.39 is 12.2 Å². The van der Waals surface area contributed by atoms with Gasteiger partial charge in [0, 0.05) is 56.9 Å². The number of piperidine rings is 2. The molecule has 9 nitrogen and oxygen atoms in total. The molecular weight excluding hydrogens is 564 g/mol. The third-order valence-corrected chi connectivity index (χ3v) is 10.8. The van der Waals surface area contributed by atoms with Crippen LogP contribution in [0.2, 0.25) is 0 Å². The number of carbonyl (C=O) groups excluding carboxylic acids is 3. The first-order valence-corrected chi connectivity index (χ1v) is 17.3. The predicted octanol–water partition coefficient (Wildman–Crippen LogP) is 1.07. The molecule has 4 saturated heterocycles. The summed E-state index contributed by atoms with van der Waals surface area (Å²) in [5.74, 6) is 0.408. The minimum atomic E-state index is -0.857. The van der Waals surface area contributed by atoms with Crippen molar-refractivity contribution in [1.29, 1.82) is 0 Å². The van der Waals surface area contributed by atoms with Crippen LogP contribution < -0.4 is 16.2 Å². The molecule has 1 aromatic carbocycles. The summed E-state index contributed by atoms with van der Waals surface area (Å²) in [7, 11) is 4.15. The highest BCUT2D eigenvalue weighted by molar-refractivity contribution is 6.48. The number of amides is 4. The predicted molar refractivity (Wildman–Crippen MR) is 182 cm³/mol. The van der Waals surface area contributed by atoms with Crippen LogP contribution in [0.15, 0.2) is 41.6 Å². The van der Waals surface area contributed by atoms with E-state index in [0.29, 0.717) is 63.9 Å². The summed E-state index contributed by atoms with van der Waals surface area (Å²) in [4.78, 5) is 48.8. The van der Waals surface area contributed by atoms with Gasteiger partial charge in [-0.15, -0.1) is 0 Å². The first-order chi connectivity index (χ1) is 21.7. The zero-order valence-corrected chi connectivity index (χ0v) is 27.4. The van der Waals surface area contributed by atoms with Gasteiger partial charge in [-0.1, -0.05) is 48.2 Å². The number of rotatable bonds is 6. The Kier molecular flexibility index (Phi) is 9.93. The maximum atomic E-state index is 13.9. The highest BCUT2D eigenvalue weighted by Crippen LogP contribution is 2.29. The standard InChI is InChI=1S/C34H49B2N5O4/c1-23-4-7-30-25(20-23)8-19-41(33(43)37-30)27-11-17-40(18-12-27)34(44)45-31(22-24-5-6-28(35)29(36)21-24)32(42)39-15-9-26(10-16-39)38-13-2-3-14-38/h5-7,20-21,23,26-27,31H,2-4,8-19,22,35-36H2,1H3,(H,37,43)/t23-,31+/m0/s1. The van der Waals surface area contributed by atoms with Gasteiger partial charge in [-0.05, 0) is 81.5 Å². The molecular formula is C34H49B2N5O4. The highest BCUT2D eigenvalue weighted by Gasteiger charge is 2.36. The summed E-state index contributed by atoms with van der Waals surface area (Å²) < 4.78 is 6.08. The van der Waals surface area contributed by atoms with Crippen molar-refractivity contribution in [2.75, 3.05) is 45.8 Å². The number of ether oxygens (including phenoxy) is 1. The van der Waals surface area contributed by atoms with E-state index >= 15 is 0 Å². The monoisotopic (exact) mass is 613 g/mol. The Bertz CT molecular complexity index is 1330. The lowest BCUT2D eigenvalue weighted by molar-refractivity contribution is -0.142. The number of benzene rings is 1. The van der Waals surface area contributed by atoms with Gasteiger partial charge in [0.15, 0.2) is 6.10 Å². The van der Waals surface area contributed by atoms with Gasteiger partial charge >= 0.3 is 12.1 Å². The summed E-state index contributed by atoms with van der Waals surface area (Å²) in [5.41, 5.74) is 5.55. The summed E-state index contributed by atoms with van der Waals surface area (Å²) in [6.45, 7) is 7.63. The molecule has 4 heterocycles. The Hall–Kier alpha value is -3.20. The molecule has 0 unspecified atom stereocenters. The van der Waals surface area contributed by atoms with Crippen LogP contribution >= 0.6 is 0 Å². The second-order valence-corrected chi connectivity index (χ2v) is 13.9. The Morgan fingerprint density at radius 3 is 2.33 bits per heavy atom. The van der Waals surface area contributed by atoms with Crippen molar-refractivity contribution in [2.24, 2.45) is 5.92 Å². The summed E-state index contributed by atoms with van der Waals surface area (Å²) in [6.07, 6.45) is 11.2. The van der Waals surface area contributed by atoms with Crippen molar-refractivity contribution in [1.82, 2.24) is 24.9 Å². The molecule has 4 fully saturated rings. The molecule has 0 spiro atoms. The van der Waals surface area contributed by atoms with Crippen LogP contribution in [0, 0.1) is 5.92 Å². The lowest BCUT2D eigenvalue weighted by Crippen LogP contribution is -2.52. The lowest BCUT2D eigenvalue weighted by Gasteiger charge is -2.39. The van der Waals surface area contributed by atoms with E-state index in [2.05, 4.69) is 57.1 Å². The maximum absolute atomic E-state index is 13.9. The average Bonchev–Trinajstić information content (AvgIpc) is 3.53. The largest absolute Gasteiger partial charge is 0.436 e. The van der Waals surface area contributed by atoms with Gasteiger partial charge in [0.1, 0.15) is 15.7 Å². The van der Waals surface area contributed by atoms with Gasteiger partial charge in [-0.3, -0.25) is 4.79 Å². The smallest absolute Gasteiger partial charge is 0.410 e. The van der Waals surface area contributed by atoms with Crippen molar-refractivity contribution >= 4 is 44.6 Å². The number of nitrogens with one attached hydrogen (secondary N) is 1. The van der Waals surface area contributed by atoms with Crippen LogP contribution in [0.5, 0.6) is 0 Å². The van der Waals surface area contributed by atoms with Gasteiger partial charge < -0.3 is 29.7 Å². The molecule has 0 saturated carbocycles. The molecule has 0 radical (unpaired) electrons. The van der Waals surface area contributed by atoms with Crippen LogP contribution in [0.4, 0.5) is 9.59 Å². The molecule has 11 heteroatoms. The molecule has 0 aromatic heterocycles. The number of hydrogen-bond acceptors (Lipinski definition) is 5. The van der Waals surface area contributed by atoms with E-state index in [0.717, 1.165) is 42.4 Å². The van der Waals surface area contributed by atoms with Crippen LogP contribution in [-0.2, 0) is 16.0 Å². The number of urea groups is 1. The van der Waals surface area contributed by atoms with E-state index in [1.54, 1.807) is 4.90 Å². The number of allylic oxidation sites excluding steroid dienone is 3. The summed E-state index contributed by atoms with van der Waals surface area (Å²) in [5, 5.41) is 3.13. The summed E-state index contributed by atoms with van der Waals surface area (Å²) in [6, 6.07) is 6.78. The Morgan fingerprint density at radius 2 is 1.62 bits per heavy atom. The normalized spacial score (nSPS) is 24.3. The molecule has 45 heavy (non-hydrogen) atoms. The Labute approximate surface area is 270 Å². The van der Waals surface area contributed by atoms with Crippen molar-refractivity contribution < 1.29 is 19.1 Å². The van der Waals surface area contributed by atoms with Crippen LogP contribution in [0.3, 0.4) is 0 Å². The first-order valence-electron chi connectivity index (χ1n) is 17.3. The van der Waals surface area contributed by atoms with E-state index in [1.807, 2.05) is 15.9 Å². The highest BCUT2D eigenvalue weighted by atomic mass is 16.6. The van der Waals surface area contributed by atoms with Crippen molar-refractivity contribution in [2.45, 2.75) is 82.9 Å². The first kappa shape index (κ1) is 31.8. The molecule has 1 aromatic rings. The molecule has 1 N–H and O–H groups in total. The molecule has 6 rings (SSSR count). The minimum Gasteiger partial charge on any atom is -0.436 e. The zero-order valence-electron chi connectivity index (χ0n) is 27.4. The van der Waals surface area contributed by atoms with Crippen molar-refractivity contribution in [3.63, 3.8) is 0 Å². The van der Waals surface area contributed by atoms with Crippen LogP contribution in [0.1, 0.15) is 63.9 Å². The molecule has 2 atom stereocenters. The quantitative estimate of drug-likeness (QED) is 0.486. The number of hydrogen-bond donors (Lipinski definition) is 1. The second kappa shape index (κ2) is 14.1. The topological polar surface area (TPSA) is 85.4 Å². The molecule has 240 valence electrons. The SMILES string of the molecule is Bc1ccc(C[C@@H](OC(=O)N2CCC(N3CCC4=C[C@@H](C)CC=C4NC3=O)CC2)C(=O)N2CCC(N3CCCC3)CC2)cc1B. The molecule has 0 bridgehead atoms. The van der Waals surface area contributed by atoms with Gasteiger partial charge in [0.25, 0.3) is 5.91 Å². The third kappa shape index (κ3) is 7.45. The van der Waals surface area contributed by atoms with E-state index in [-0.39, 0.29) is 18.0 Å². The van der Waals surface area contributed by atoms with Crippen LogP contribution in [-0.4, -0.2) is 117 Å². The van der Waals surface area contributed by atoms with Crippen molar-refractivity contribution in [3.8, 4) is 0 Å². The van der Waals surface area contributed by atoms with E-state index in [4.69, 9.17) is 4.74 Å². The fraction of sp³-hybridized carbons (Fsp3) is 0.618. The van der Waals surface area contributed by atoms with Gasteiger partial charge in [0.05, 0.1) is 0 Å².